The van der Waals surface area contributed by atoms with Crippen molar-refractivity contribution in [3.8, 4) is 5.75 Å². The summed E-state index contributed by atoms with van der Waals surface area (Å²) in [6.45, 7) is 6.05. The number of ether oxygens (including phenoxy) is 1. The minimum Gasteiger partial charge on any atom is -0.484 e. The van der Waals surface area contributed by atoms with Crippen LogP contribution in [0.25, 0.3) is 0 Å². The van der Waals surface area contributed by atoms with Crippen LogP contribution in [0.2, 0.25) is 0 Å². The number of carboxylic acid groups (broad SMARTS) is 1. The summed E-state index contributed by atoms with van der Waals surface area (Å²) in [7, 11) is 0. The molecule has 0 unspecified atom stereocenters. The molecule has 1 N–H and O–H groups in total. The molecule has 2 aromatic rings. The molecule has 0 aliphatic rings. The zero-order valence-corrected chi connectivity index (χ0v) is 13.1. The highest BCUT2D eigenvalue weighted by molar-refractivity contribution is 7.14. The van der Waals surface area contributed by atoms with Crippen LogP contribution in [0.4, 0.5) is 0 Å². The molecule has 0 saturated carbocycles. The molecule has 2 heterocycles. The summed E-state index contributed by atoms with van der Waals surface area (Å²) in [5.41, 5.74) is 0. The summed E-state index contributed by atoms with van der Waals surface area (Å²) in [5, 5.41) is 13.0. The Labute approximate surface area is 126 Å². The molecule has 0 spiro atoms. The van der Waals surface area contributed by atoms with Gasteiger partial charge in [-0.2, -0.15) is 4.98 Å². The number of rotatable bonds is 7. The standard InChI is InChI=1S/C14H18N2O4S/c1-4-5-9-6-10(12(21-9)14(17)18)19-7-11-15-13(8(2)3)20-16-11/h6,8H,4-5,7H2,1-3H3,(H,17,18). The predicted molar refractivity (Wildman–Crippen MR) is 78.0 cm³/mol. The number of nitrogens with zero attached hydrogens (tertiary/aromatic N) is 2. The Balaban J connectivity index is 2.09. The SMILES string of the molecule is CCCc1cc(OCc2noc(C(C)C)n2)c(C(=O)O)s1. The molecule has 0 saturated heterocycles. The van der Waals surface area contributed by atoms with Crippen LogP contribution in [0.15, 0.2) is 10.6 Å². The average molecular weight is 310 g/mol. The lowest BCUT2D eigenvalue weighted by Gasteiger charge is -2.01. The first-order valence-corrected chi connectivity index (χ1v) is 7.64. The van der Waals surface area contributed by atoms with E-state index in [0.717, 1.165) is 17.7 Å². The van der Waals surface area contributed by atoms with Crippen LogP contribution in [0, 0.1) is 0 Å². The van der Waals surface area contributed by atoms with E-state index >= 15 is 0 Å². The Morgan fingerprint density at radius 1 is 1.52 bits per heavy atom. The summed E-state index contributed by atoms with van der Waals surface area (Å²) in [6.07, 6.45) is 1.80. The van der Waals surface area contributed by atoms with Gasteiger partial charge >= 0.3 is 5.97 Å². The van der Waals surface area contributed by atoms with Gasteiger partial charge in [-0.1, -0.05) is 32.3 Å². The van der Waals surface area contributed by atoms with Gasteiger partial charge in [-0.3, -0.25) is 0 Å². The summed E-state index contributed by atoms with van der Waals surface area (Å²) in [6, 6.07) is 1.78. The first-order valence-electron chi connectivity index (χ1n) is 6.82. The van der Waals surface area contributed by atoms with E-state index in [-0.39, 0.29) is 17.4 Å². The third-order valence-electron chi connectivity index (χ3n) is 2.77. The van der Waals surface area contributed by atoms with E-state index in [0.29, 0.717) is 17.5 Å². The quantitative estimate of drug-likeness (QED) is 0.842. The predicted octanol–water partition coefficient (Wildman–Crippen LogP) is 3.48. The molecule has 0 atom stereocenters. The monoisotopic (exact) mass is 310 g/mol. The van der Waals surface area contributed by atoms with E-state index in [1.165, 1.54) is 11.3 Å². The van der Waals surface area contributed by atoms with Gasteiger partial charge in [-0.15, -0.1) is 11.3 Å². The molecule has 2 rings (SSSR count). The molecular weight excluding hydrogens is 292 g/mol. The van der Waals surface area contributed by atoms with Crippen molar-refractivity contribution in [3.63, 3.8) is 0 Å². The van der Waals surface area contributed by atoms with Gasteiger partial charge in [0, 0.05) is 10.8 Å². The van der Waals surface area contributed by atoms with Gasteiger partial charge in [0.05, 0.1) is 0 Å². The topological polar surface area (TPSA) is 85.5 Å². The third kappa shape index (κ3) is 3.81. The first kappa shape index (κ1) is 15.5. The van der Waals surface area contributed by atoms with Gasteiger partial charge in [0.2, 0.25) is 11.7 Å². The van der Waals surface area contributed by atoms with Crippen LogP contribution in [-0.2, 0) is 13.0 Å². The molecule has 6 nitrogen and oxygen atoms in total. The molecule has 0 fully saturated rings. The number of hydrogen-bond acceptors (Lipinski definition) is 6. The van der Waals surface area contributed by atoms with Crippen molar-refractivity contribution in [1.29, 1.82) is 0 Å². The van der Waals surface area contributed by atoms with E-state index in [1.54, 1.807) is 6.07 Å². The Hall–Kier alpha value is -1.89. The summed E-state index contributed by atoms with van der Waals surface area (Å²) < 4.78 is 10.6. The number of carbonyl (C=O) groups is 1. The van der Waals surface area contributed by atoms with Gasteiger partial charge in [0.15, 0.2) is 11.5 Å². The van der Waals surface area contributed by atoms with E-state index in [1.807, 2.05) is 20.8 Å². The highest BCUT2D eigenvalue weighted by Gasteiger charge is 2.18. The fourth-order valence-electron chi connectivity index (χ4n) is 1.75. The minimum absolute atomic E-state index is 0.0960. The number of thiophene rings is 1. The summed E-state index contributed by atoms with van der Waals surface area (Å²) in [4.78, 5) is 16.6. The maximum Gasteiger partial charge on any atom is 0.349 e. The van der Waals surface area contributed by atoms with Gasteiger partial charge in [0.1, 0.15) is 5.75 Å². The van der Waals surface area contributed by atoms with E-state index < -0.39 is 5.97 Å². The third-order valence-corrected chi connectivity index (χ3v) is 3.94. The second-order valence-corrected chi connectivity index (χ2v) is 6.09. The molecule has 0 aliphatic carbocycles. The van der Waals surface area contributed by atoms with Gasteiger partial charge in [-0.25, -0.2) is 4.79 Å². The summed E-state index contributed by atoms with van der Waals surface area (Å²) in [5.74, 6) is 0.501. The number of aromatic carboxylic acids is 1. The maximum atomic E-state index is 11.2. The maximum absolute atomic E-state index is 11.2. The van der Waals surface area contributed by atoms with E-state index in [9.17, 15) is 9.90 Å². The van der Waals surface area contributed by atoms with Crippen LogP contribution >= 0.6 is 11.3 Å². The van der Waals surface area contributed by atoms with Gasteiger partial charge in [0.25, 0.3) is 0 Å². The van der Waals surface area contributed by atoms with Crippen LogP contribution < -0.4 is 4.74 Å². The molecule has 0 aliphatic heterocycles. The lowest BCUT2D eigenvalue weighted by molar-refractivity contribution is 0.0697. The second-order valence-electron chi connectivity index (χ2n) is 4.95. The van der Waals surface area contributed by atoms with Crippen LogP contribution in [0.3, 0.4) is 0 Å². The van der Waals surface area contributed by atoms with E-state index in [2.05, 4.69) is 10.1 Å². The zero-order valence-electron chi connectivity index (χ0n) is 12.3. The van der Waals surface area contributed by atoms with Crippen molar-refractivity contribution in [2.24, 2.45) is 0 Å². The molecule has 21 heavy (non-hydrogen) atoms. The number of aromatic nitrogens is 2. The number of aryl methyl sites for hydroxylation is 1. The summed E-state index contributed by atoms with van der Waals surface area (Å²) >= 11 is 1.25. The minimum atomic E-state index is -0.978. The molecule has 0 radical (unpaired) electrons. The fourth-order valence-corrected chi connectivity index (χ4v) is 2.79. The van der Waals surface area contributed by atoms with Crippen molar-refractivity contribution in [2.45, 2.75) is 46.1 Å². The molecule has 2 aromatic heterocycles. The zero-order chi connectivity index (χ0) is 15.4. The fraction of sp³-hybridized carbons (Fsp3) is 0.500. The van der Waals surface area contributed by atoms with Crippen molar-refractivity contribution in [3.05, 3.63) is 27.5 Å². The smallest absolute Gasteiger partial charge is 0.349 e. The molecule has 0 bridgehead atoms. The number of hydrogen-bond donors (Lipinski definition) is 1. The molecular formula is C14H18N2O4S. The second kappa shape index (κ2) is 6.71. The van der Waals surface area contributed by atoms with Gasteiger partial charge in [-0.05, 0) is 12.5 Å². The first-order chi connectivity index (χ1) is 10.0. The van der Waals surface area contributed by atoms with Crippen molar-refractivity contribution < 1.29 is 19.2 Å². The van der Waals surface area contributed by atoms with Crippen molar-refractivity contribution >= 4 is 17.3 Å². The van der Waals surface area contributed by atoms with Crippen LogP contribution in [-0.4, -0.2) is 21.2 Å². The van der Waals surface area contributed by atoms with E-state index in [4.69, 9.17) is 9.26 Å². The highest BCUT2D eigenvalue weighted by atomic mass is 32.1. The normalized spacial score (nSPS) is 11.0. The number of carboxylic acids is 1. The Bertz CT molecular complexity index is 618. The molecule has 0 amide bonds. The van der Waals surface area contributed by atoms with Crippen molar-refractivity contribution in [1.82, 2.24) is 10.1 Å². The van der Waals surface area contributed by atoms with Crippen LogP contribution in [0.5, 0.6) is 5.75 Å². The lowest BCUT2D eigenvalue weighted by Crippen LogP contribution is -2.01. The Morgan fingerprint density at radius 2 is 2.29 bits per heavy atom. The molecule has 114 valence electrons. The van der Waals surface area contributed by atoms with Crippen molar-refractivity contribution in [2.75, 3.05) is 0 Å². The Kier molecular flexibility index (Phi) is 4.95. The molecule has 0 aromatic carbocycles. The average Bonchev–Trinajstić information content (AvgIpc) is 3.03. The largest absolute Gasteiger partial charge is 0.484 e. The highest BCUT2D eigenvalue weighted by Crippen LogP contribution is 2.30. The lowest BCUT2D eigenvalue weighted by atomic mass is 10.2. The Morgan fingerprint density at radius 3 is 2.86 bits per heavy atom. The van der Waals surface area contributed by atoms with Gasteiger partial charge < -0.3 is 14.4 Å². The molecule has 7 heteroatoms. The van der Waals surface area contributed by atoms with Crippen LogP contribution in [0.1, 0.15) is 59.4 Å².